The van der Waals surface area contributed by atoms with Crippen molar-refractivity contribution >= 4 is 21.9 Å². The van der Waals surface area contributed by atoms with Crippen molar-refractivity contribution in [1.29, 1.82) is 0 Å². The molecule has 15 heteroatoms. The van der Waals surface area contributed by atoms with E-state index in [-0.39, 0.29) is 23.3 Å². The van der Waals surface area contributed by atoms with E-state index in [4.69, 9.17) is 9.47 Å². The van der Waals surface area contributed by atoms with E-state index >= 15 is 0 Å². The molecule has 0 heterocycles. The van der Waals surface area contributed by atoms with Crippen LogP contribution in [0.15, 0.2) is 63.8 Å². The first kappa shape index (κ1) is 48.4. The number of nitrogens with one attached hydrogen (secondary N) is 3. The van der Waals surface area contributed by atoms with E-state index < -0.39 is 56.7 Å². The average Bonchev–Trinajstić information content (AvgIpc) is 3.12. The van der Waals surface area contributed by atoms with Crippen LogP contribution >= 0.6 is 0 Å². The fourth-order valence-electron chi connectivity index (χ4n) is 5.92. The van der Waals surface area contributed by atoms with Crippen LogP contribution in [0.3, 0.4) is 0 Å². The van der Waals surface area contributed by atoms with Crippen molar-refractivity contribution in [1.82, 2.24) is 20.3 Å². The monoisotopic (exact) mass is 802 g/mol. The quantitative estimate of drug-likeness (QED) is 0.0752. The molecule has 1 amide bonds. The first-order chi connectivity index (χ1) is 26.0. The Morgan fingerprint density at radius 3 is 1.66 bits per heavy atom. The molecule has 0 radical (unpaired) electrons. The van der Waals surface area contributed by atoms with Crippen LogP contribution in [-0.4, -0.2) is 86.1 Å². The van der Waals surface area contributed by atoms with E-state index in [0.29, 0.717) is 42.9 Å². The van der Waals surface area contributed by atoms with Crippen LogP contribution in [0.4, 0.5) is 0 Å². The third-order valence-corrected chi connectivity index (χ3v) is 12.2. The lowest BCUT2D eigenvalue weighted by molar-refractivity contribution is -0.161. The Morgan fingerprint density at radius 1 is 0.750 bits per heavy atom. The number of benzene rings is 2. The molecule has 3 N–H and O–H groups in total. The highest BCUT2D eigenvalue weighted by Gasteiger charge is 2.40. The Kier molecular flexibility index (Phi) is 18.2. The molecule has 3 atom stereocenters. The van der Waals surface area contributed by atoms with Gasteiger partial charge in [-0.15, -0.1) is 0 Å². The van der Waals surface area contributed by atoms with Crippen LogP contribution < -0.4 is 20.7 Å². The van der Waals surface area contributed by atoms with Gasteiger partial charge in [0, 0.05) is 29.7 Å². The minimum atomic E-state index is -4.21. The Balaban J connectivity index is 2.24. The van der Waals surface area contributed by atoms with Gasteiger partial charge >= 0.3 is 5.97 Å². The molecule has 0 aliphatic heterocycles. The number of carbonyl (C=O) groups is 2. The smallest absolute Gasteiger partial charge is 0.325 e. The molecule has 0 spiro atoms. The van der Waals surface area contributed by atoms with Gasteiger partial charge in [-0.05, 0) is 148 Å². The van der Waals surface area contributed by atoms with E-state index in [9.17, 15) is 27.8 Å². The topological polar surface area (TPSA) is 185 Å². The molecular weight excluding hydrogens is 737 g/mol. The van der Waals surface area contributed by atoms with Gasteiger partial charge in [-0.2, -0.15) is 14.1 Å². The molecule has 2 rings (SSSR count). The van der Waals surface area contributed by atoms with Crippen LogP contribution in [-0.2, 0) is 26.1 Å². The number of hydrogen-bond acceptors (Lipinski definition) is 12. The summed E-state index contributed by atoms with van der Waals surface area (Å²) in [6.45, 7) is 21.7. The van der Waals surface area contributed by atoms with Crippen molar-refractivity contribution in [2.24, 2.45) is 22.2 Å². The van der Waals surface area contributed by atoms with Gasteiger partial charge in [0.1, 0.15) is 29.5 Å². The lowest BCUT2D eigenvalue weighted by Crippen LogP contribution is -2.49. The van der Waals surface area contributed by atoms with Crippen LogP contribution in [0.5, 0.6) is 5.75 Å². The standard InChI is InChI=1S/C41H66N6O8S/c1-28(2)36(38(49)55-39(5,6)7)47(56(52,53)35-19-17-34(54-12)18-20-35)27-32-13-15-33(16-14-32)37(48)42-24-21-31(22-25-43-40(8,9)29(3)45-50)23-26-44-41(10,11)30(4)46-51/h13-20,28-31,36,43-44H,21-27H2,1-12H3,(H,42,48). The fraction of sp³-hybridized carbons (Fsp3) is 0.659. The van der Waals surface area contributed by atoms with Gasteiger partial charge in [0.05, 0.1) is 12.0 Å². The van der Waals surface area contributed by atoms with Gasteiger partial charge in [0.2, 0.25) is 10.0 Å². The van der Waals surface area contributed by atoms with Gasteiger partial charge in [-0.3, -0.25) is 9.59 Å². The number of nitroso groups, excluding NO2 is 2. The Morgan fingerprint density at radius 2 is 1.23 bits per heavy atom. The normalized spacial score (nSPS) is 14.8. The van der Waals surface area contributed by atoms with Crippen LogP contribution in [0, 0.1) is 21.6 Å². The Labute approximate surface area is 334 Å². The maximum Gasteiger partial charge on any atom is 0.325 e. The highest BCUT2D eigenvalue weighted by molar-refractivity contribution is 7.89. The fourth-order valence-corrected chi connectivity index (χ4v) is 7.62. The lowest BCUT2D eigenvalue weighted by Gasteiger charge is -2.34. The number of amides is 1. The summed E-state index contributed by atoms with van der Waals surface area (Å²) >= 11 is 0. The molecule has 2 aromatic carbocycles. The predicted octanol–water partition coefficient (Wildman–Crippen LogP) is 6.81. The van der Waals surface area contributed by atoms with E-state index in [2.05, 4.69) is 26.3 Å². The second-order valence-electron chi connectivity index (χ2n) is 17.0. The summed E-state index contributed by atoms with van der Waals surface area (Å²) in [6, 6.07) is 10.7. The zero-order chi connectivity index (χ0) is 42.5. The highest BCUT2D eigenvalue weighted by atomic mass is 32.2. The molecule has 0 saturated heterocycles. The minimum absolute atomic E-state index is 0.000794. The summed E-state index contributed by atoms with van der Waals surface area (Å²) in [6.07, 6.45) is 2.27. The number of esters is 1. The van der Waals surface area contributed by atoms with Crippen molar-refractivity contribution in [2.45, 2.75) is 142 Å². The SMILES string of the molecule is COc1ccc(S(=O)(=O)N(Cc2ccc(C(=O)NCCC(CCNC(C)(C)C(C)N=O)CCNC(C)(C)C(C)N=O)cc2)C(C(=O)OC(C)(C)C)C(C)C)cc1. The summed E-state index contributed by atoms with van der Waals surface area (Å²) in [5, 5.41) is 16.3. The second kappa shape index (κ2) is 21.1. The molecule has 14 nitrogen and oxygen atoms in total. The number of methoxy groups -OCH3 is 1. The molecule has 3 unspecified atom stereocenters. The number of ether oxygens (including phenoxy) is 2. The number of hydrogen-bond donors (Lipinski definition) is 3. The van der Waals surface area contributed by atoms with Gasteiger partial charge in [0.25, 0.3) is 5.91 Å². The summed E-state index contributed by atoms with van der Waals surface area (Å²) < 4.78 is 40.5. The van der Waals surface area contributed by atoms with E-state index in [1.165, 1.54) is 23.5 Å². The minimum Gasteiger partial charge on any atom is -0.497 e. The number of sulfonamides is 1. The van der Waals surface area contributed by atoms with E-state index in [1.807, 2.05) is 27.7 Å². The zero-order valence-electron chi connectivity index (χ0n) is 35.5. The zero-order valence-corrected chi connectivity index (χ0v) is 36.3. The third-order valence-electron chi connectivity index (χ3n) is 10.3. The molecule has 0 aliphatic carbocycles. The number of nitrogens with zero attached hydrogens (tertiary/aromatic N) is 3. The van der Waals surface area contributed by atoms with Crippen molar-refractivity contribution in [3.63, 3.8) is 0 Å². The van der Waals surface area contributed by atoms with Crippen molar-refractivity contribution < 1.29 is 27.5 Å². The van der Waals surface area contributed by atoms with Crippen molar-refractivity contribution in [3.05, 3.63) is 69.5 Å². The van der Waals surface area contributed by atoms with Gasteiger partial charge in [-0.1, -0.05) is 36.3 Å². The maximum atomic E-state index is 14.2. The maximum absolute atomic E-state index is 14.2. The molecule has 2 aromatic rings. The first-order valence-corrected chi connectivity index (χ1v) is 20.8. The van der Waals surface area contributed by atoms with E-state index in [1.54, 1.807) is 84.9 Å². The molecule has 314 valence electrons. The summed E-state index contributed by atoms with van der Waals surface area (Å²) in [7, 11) is -2.72. The Hall–Kier alpha value is -3.79. The summed E-state index contributed by atoms with van der Waals surface area (Å²) in [4.78, 5) is 49.2. The van der Waals surface area contributed by atoms with Gasteiger partial charge in [-0.25, -0.2) is 8.42 Å². The predicted molar refractivity (Wildman–Crippen MR) is 221 cm³/mol. The van der Waals surface area contributed by atoms with Gasteiger partial charge in [0.15, 0.2) is 0 Å². The molecule has 0 aromatic heterocycles. The highest BCUT2D eigenvalue weighted by Crippen LogP contribution is 2.28. The lowest BCUT2D eigenvalue weighted by atomic mass is 9.92. The molecule has 56 heavy (non-hydrogen) atoms. The third kappa shape index (κ3) is 14.6. The summed E-state index contributed by atoms with van der Waals surface area (Å²) in [5.41, 5.74) is -0.796. The second-order valence-corrected chi connectivity index (χ2v) is 18.9. The van der Waals surface area contributed by atoms with Crippen molar-refractivity contribution in [2.75, 3.05) is 26.7 Å². The van der Waals surface area contributed by atoms with Crippen LogP contribution in [0.1, 0.15) is 111 Å². The molecular formula is C41H66N6O8S. The molecule has 0 aliphatic rings. The number of carbonyl (C=O) groups excluding carboxylic acids is 2. The van der Waals surface area contributed by atoms with Gasteiger partial charge < -0.3 is 25.4 Å². The molecule has 0 fully saturated rings. The van der Waals surface area contributed by atoms with Crippen LogP contribution in [0.25, 0.3) is 0 Å². The van der Waals surface area contributed by atoms with Crippen molar-refractivity contribution in [3.8, 4) is 5.75 Å². The van der Waals surface area contributed by atoms with E-state index in [0.717, 1.165) is 12.8 Å². The number of rotatable bonds is 24. The molecule has 0 saturated carbocycles. The molecule has 0 bridgehead atoms. The first-order valence-electron chi connectivity index (χ1n) is 19.4. The largest absolute Gasteiger partial charge is 0.497 e. The average molecular weight is 803 g/mol. The van der Waals surface area contributed by atoms with Crippen LogP contribution in [0.2, 0.25) is 0 Å². The Bertz CT molecular complexity index is 1640. The summed E-state index contributed by atoms with van der Waals surface area (Å²) in [5.74, 6) is -0.655.